The molecule has 1 atom stereocenters. The van der Waals surface area contributed by atoms with Gasteiger partial charge in [0, 0.05) is 0 Å². The van der Waals surface area contributed by atoms with Crippen LogP contribution in [0.25, 0.3) is 0 Å². The van der Waals surface area contributed by atoms with Crippen LogP contribution in [0.1, 0.15) is 37.4 Å². The number of carbonyl (C=O) groups is 2. The molecule has 1 aromatic heterocycles. The summed E-state index contributed by atoms with van der Waals surface area (Å²) in [6.07, 6.45) is 0. The highest BCUT2D eigenvalue weighted by Gasteiger charge is 2.28. The number of rotatable bonds is 3. The Morgan fingerprint density at radius 1 is 1.38 bits per heavy atom. The molecule has 0 aromatic carbocycles. The molecule has 0 aliphatic heterocycles. The normalized spacial score (nSPS) is 13.2. The smallest absolute Gasteiger partial charge is 0.317 e. The van der Waals surface area contributed by atoms with Gasteiger partial charge >= 0.3 is 5.97 Å². The van der Waals surface area contributed by atoms with Crippen LogP contribution in [0.5, 0.6) is 0 Å². The highest BCUT2D eigenvalue weighted by molar-refractivity contribution is 7.12. The van der Waals surface area contributed by atoms with E-state index in [-0.39, 0.29) is 5.78 Å². The van der Waals surface area contributed by atoms with E-state index in [1.165, 1.54) is 11.3 Å². The molecule has 1 heterocycles. The lowest BCUT2D eigenvalue weighted by molar-refractivity contribution is -0.157. The molecule has 0 spiro atoms. The molecule has 0 fully saturated rings. The molecule has 88 valence electrons. The van der Waals surface area contributed by atoms with E-state index in [1.807, 2.05) is 5.38 Å². The predicted octanol–water partition coefficient (Wildman–Crippen LogP) is 2.91. The Hall–Kier alpha value is -1.16. The summed E-state index contributed by atoms with van der Waals surface area (Å²) >= 11 is 1.34. The summed E-state index contributed by atoms with van der Waals surface area (Å²) in [6, 6.07) is 3.51. The number of Topliss-reactive ketones (excluding diaryl/α,β-unsaturated/α-hetero) is 1. The van der Waals surface area contributed by atoms with Gasteiger partial charge in [-0.3, -0.25) is 9.59 Å². The van der Waals surface area contributed by atoms with Crippen LogP contribution >= 0.6 is 11.3 Å². The summed E-state index contributed by atoms with van der Waals surface area (Å²) in [5.41, 5.74) is -0.554. The van der Waals surface area contributed by atoms with E-state index < -0.39 is 17.5 Å². The predicted molar refractivity (Wildman–Crippen MR) is 63.7 cm³/mol. The monoisotopic (exact) mass is 240 g/mol. The van der Waals surface area contributed by atoms with Crippen LogP contribution in [0.3, 0.4) is 0 Å². The van der Waals surface area contributed by atoms with Crippen molar-refractivity contribution in [2.45, 2.75) is 33.3 Å². The number of hydrogen-bond acceptors (Lipinski definition) is 4. The van der Waals surface area contributed by atoms with Gasteiger partial charge in [-0.15, -0.1) is 11.3 Å². The fraction of sp³-hybridized carbons (Fsp3) is 0.500. The minimum Gasteiger partial charge on any atom is -0.459 e. The van der Waals surface area contributed by atoms with Crippen molar-refractivity contribution in [3.05, 3.63) is 22.4 Å². The standard InChI is InChI=1S/C12H16O3S/c1-8(11(14)15-12(2,3)4)10(13)9-6-5-7-16-9/h5-8H,1-4H3. The Kier molecular flexibility index (Phi) is 3.86. The zero-order chi connectivity index (χ0) is 12.3. The maximum atomic E-state index is 11.8. The first-order chi connectivity index (χ1) is 7.31. The average Bonchev–Trinajstić information content (AvgIpc) is 2.65. The Labute approximate surface area is 99.4 Å². The maximum Gasteiger partial charge on any atom is 0.317 e. The quantitative estimate of drug-likeness (QED) is 0.463. The summed E-state index contributed by atoms with van der Waals surface area (Å²) in [7, 11) is 0. The van der Waals surface area contributed by atoms with Crippen molar-refractivity contribution in [1.29, 1.82) is 0 Å². The number of ketones is 1. The van der Waals surface area contributed by atoms with Crippen molar-refractivity contribution in [2.75, 3.05) is 0 Å². The Balaban J connectivity index is 2.68. The molecule has 16 heavy (non-hydrogen) atoms. The van der Waals surface area contributed by atoms with Gasteiger partial charge in [-0.25, -0.2) is 0 Å². The minimum atomic E-state index is -0.738. The van der Waals surface area contributed by atoms with Gasteiger partial charge in [0.25, 0.3) is 0 Å². The molecular formula is C12H16O3S. The zero-order valence-electron chi connectivity index (χ0n) is 9.94. The third-order valence-corrected chi connectivity index (χ3v) is 2.80. The van der Waals surface area contributed by atoms with Crippen molar-refractivity contribution in [3.8, 4) is 0 Å². The van der Waals surface area contributed by atoms with Crippen LogP contribution in [0, 0.1) is 5.92 Å². The van der Waals surface area contributed by atoms with Crippen LogP contribution in [0.4, 0.5) is 0 Å². The van der Waals surface area contributed by atoms with E-state index >= 15 is 0 Å². The van der Waals surface area contributed by atoms with Gasteiger partial charge in [-0.2, -0.15) is 0 Å². The first-order valence-corrected chi connectivity index (χ1v) is 6.00. The van der Waals surface area contributed by atoms with Crippen LogP contribution < -0.4 is 0 Å². The molecule has 0 amide bonds. The van der Waals surface area contributed by atoms with Crippen molar-refractivity contribution in [1.82, 2.24) is 0 Å². The molecular weight excluding hydrogens is 224 g/mol. The van der Waals surface area contributed by atoms with Crippen LogP contribution in [0.15, 0.2) is 17.5 Å². The second-order valence-electron chi connectivity index (χ2n) is 4.60. The van der Waals surface area contributed by atoms with Gasteiger partial charge in [0.15, 0.2) is 5.78 Å². The Morgan fingerprint density at radius 3 is 2.44 bits per heavy atom. The summed E-state index contributed by atoms with van der Waals surface area (Å²) in [5.74, 6) is -1.38. The van der Waals surface area contributed by atoms with Crippen molar-refractivity contribution >= 4 is 23.1 Å². The summed E-state index contributed by atoms with van der Waals surface area (Å²) in [5, 5.41) is 1.81. The van der Waals surface area contributed by atoms with E-state index in [4.69, 9.17) is 4.74 Å². The van der Waals surface area contributed by atoms with Crippen molar-refractivity contribution in [2.24, 2.45) is 5.92 Å². The van der Waals surface area contributed by atoms with E-state index in [0.29, 0.717) is 4.88 Å². The molecule has 0 aliphatic carbocycles. The largest absolute Gasteiger partial charge is 0.459 e. The van der Waals surface area contributed by atoms with Gasteiger partial charge in [0.2, 0.25) is 0 Å². The van der Waals surface area contributed by atoms with E-state index in [2.05, 4.69) is 0 Å². The topological polar surface area (TPSA) is 43.4 Å². The summed E-state index contributed by atoms with van der Waals surface area (Å²) < 4.78 is 5.16. The fourth-order valence-electron chi connectivity index (χ4n) is 1.13. The Morgan fingerprint density at radius 2 is 2.00 bits per heavy atom. The fourth-order valence-corrected chi connectivity index (χ4v) is 1.88. The van der Waals surface area contributed by atoms with Gasteiger partial charge < -0.3 is 4.74 Å². The molecule has 0 radical (unpaired) electrons. The highest BCUT2D eigenvalue weighted by Crippen LogP contribution is 2.18. The van der Waals surface area contributed by atoms with Crippen LogP contribution in [-0.2, 0) is 9.53 Å². The minimum absolute atomic E-state index is 0.177. The number of hydrogen-bond donors (Lipinski definition) is 0. The molecule has 1 unspecified atom stereocenters. The molecule has 0 aliphatic rings. The van der Waals surface area contributed by atoms with Gasteiger partial charge in [-0.05, 0) is 39.1 Å². The van der Waals surface area contributed by atoms with E-state index in [0.717, 1.165) is 0 Å². The molecule has 3 nitrogen and oxygen atoms in total. The average molecular weight is 240 g/mol. The first-order valence-electron chi connectivity index (χ1n) is 5.12. The van der Waals surface area contributed by atoms with Gasteiger partial charge in [-0.1, -0.05) is 6.07 Å². The van der Waals surface area contributed by atoms with E-state index in [1.54, 1.807) is 39.8 Å². The number of esters is 1. The lowest BCUT2D eigenvalue weighted by Gasteiger charge is -2.21. The molecule has 1 aromatic rings. The molecule has 0 saturated carbocycles. The zero-order valence-corrected chi connectivity index (χ0v) is 10.8. The number of thiophene rings is 1. The highest BCUT2D eigenvalue weighted by atomic mass is 32.1. The maximum absolute atomic E-state index is 11.8. The lowest BCUT2D eigenvalue weighted by atomic mass is 10.1. The van der Waals surface area contributed by atoms with Gasteiger partial charge in [0.05, 0.1) is 4.88 Å². The molecule has 0 N–H and O–H groups in total. The first kappa shape index (κ1) is 12.9. The molecule has 1 rings (SSSR count). The van der Waals surface area contributed by atoms with Crippen LogP contribution in [-0.4, -0.2) is 17.4 Å². The third-order valence-electron chi connectivity index (χ3n) is 1.92. The number of ether oxygens (including phenoxy) is 1. The second kappa shape index (κ2) is 4.78. The van der Waals surface area contributed by atoms with Crippen molar-refractivity contribution < 1.29 is 14.3 Å². The van der Waals surface area contributed by atoms with Gasteiger partial charge in [0.1, 0.15) is 11.5 Å². The second-order valence-corrected chi connectivity index (χ2v) is 5.54. The molecule has 4 heteroatoms. The lowest BCUT2D eigenvalue weighted by Crippen LogP contribution is -2.31. The van der Waals surface area contributed by atoms with Crippen LogP contribution in [0.2, 0.25) is 0 Å². The summed E-state index contributed by atoms with van der Waals surface area (Å²) in [4.78, 5) is 24.1. The Bertz CT molecular complexity index is 373. The molecule has 0 bridgehead atoms. The molecule has 0 saturated heterocycles. The summed E-state index contributed by atoms with van der Waals surface area (Å²) in [6.45, 7) is 6.93. The number of carbonyl (C=O) groups excluding carboxylic acids is 2. The van der Waals surface area contributed by atoms with Crippen molar-refractivity contribution in [3.63, 3.8) is 0 Å². The van der Waals surface area contributed by atoms with E-state index in [9.17, 15) is 9.59 Å². The SMILES string of the molecule is CC(C(=O)OC(C)(C)C)C(=O)c1cccs1. The third kappa shape index (κ3) is 3.45.